The molecule has 4 nitrogen and oxygen atoms in total. The van der Waals surface area contributed by atoms with Crippen LogP contribution in [0.15, 0.2) is 0 Å². The molecule has 4 heteroatoms. The molecule has 0 bridgehead atoms. The second-order valence-corrected chi connectivity index (χ2v) is 7.81. The van der Waals surface area contributed by atoms with Crippen LogP contribution in [0.1, 0.15) is 86.0 Å². The quantitative estimate of drug-likeness (QED) is 0.609. The summed E-state index contributed by atoms with van der Waals surface area (Å²) in [6.45, 7) is 9.85. The summed E-state index contributed by atoms with van der Waals surface area (Å²) in [7, 11) is 0. The third kappa shape index (κ3) is 7.36. The van der Waals surface area contributed by atoms with E-state index in [4.69, 9.17) is 9.47 Å². The van der Waals surface area contributed by atoms with Crippen LogP contribution in [-0.4, -0.2) is 24.1 Å². The molecule has 0 saturated heterocycles. The van der Waals surface area contributed by atoms with Crippen LogP contribution in [0.5, 0.6) is 0 Å². The van der Waals surface area contributed by atoms with Gasteiger partial charge in [-0.05, 0) is 52.4 Å². The lowest BCUT2D eigenvalue weighted by molar-refractivity contribution is -0.163. The van der Waals surface area contributed by atoms with Crippen molar-refractivity contribution in [3.63, 3.8) is 0 Å². The Bertz CT molecular complexity index is 383. The molecule has 2 atom stereocenters. The molecule has 0 aromatic carbocycles. The highest BCUT2D eigenvalue weighted by atomic mass is 16.5. The molecule has 0 radical (unpaired) electrons. The number of carbonyl (C=O) groups excluding carboxylic acids is 2. The topological polar surface area (TPSA) is 52.6 Å². The van der Waals surface area contributed by atoms with Crippen molar-refractivity contribution in [2.45, 2.75) is 98.2 Å². The summed E-state index contributed by atoms with van der Waals surface area (Å²) in [6, 6.07) is 0. The summed E-state index contributed by atoms with van der Waals surface area (Å²) >= 11 is 0. The van der Waals surface area contributed by atoms with E-state index in [1.54, 1.807) is 0 Å². The molecular formula is C19H34O4. The molecule has 1 saturated carbocycles. The van der Waals surface area contributed by atoms with Crippen molar-refractivity contribution in [3.05, 3.63) is 0 Å². The van der Waals surface area contributed by atoms with Gasteiger partial charge in [-0.3, -0.25) is 9.59 Å². The van der Waals surface area contributed by atoms with E-state index < -0.39 is 0 Å². The Morgan fingerprint density at radius 2 is 1.43 bits per heavy atom. The molecule has 1 aliphatic rings. The van der Waals surface area contributed by atoms with Crippen LogP contribution < -0.4 is 0 Å². The standard InChI is InChI=1S/C19H34O4/c1-14(2)13-17(20)22-15(3)9-10-16(4)23-18(21)19(5)11-7-6-8-12-19/h14-16H,6-13H2,1-5H3. The highest BCUT2D eigenvalue weighted by Crippen LogP contribution is 2.37. The summed E-state index contributed by atoms with van der Waals surface area (Å²) in [6.07, 6.45) is 6.94. The van der Waals surface area contributed by atoms with E-state index in [0.717, 1.165) is 38.5 Å². The number of rotatable bonds is 8. The fourth-order valence-corrected chi connectivity index (χ4v) is 3.05. The van der Waals surface area contributed by atoms with Gasteiger partial charge in [-0.1, -0.05) is 33.1 Å². The first kappa shape index (κ1) is 20.0. The van der Waals surface area contributed by atoms with E-state index in [-0.39, 0.29) is 29.6 Å². The van der Waals surface area contributed by atoms with E-state index in [1.165, 1.54) is 6.42 Å². The average Bonchev–Trinajstić information content (AvgIpc) is 2.45. The van der Waals surface area contributed by atoms with Gasteiger partial charge >= 0.3 is 11.9 Å². The lowest BCUT2D eigenvalue weighted by Gasteiger charge is -2.32. The van der Waals surface area contributed by atoms with Crippen molar-refractivity contribution >= 4 is 11.9 Å². The molecule has 0 aliphatic heterocycles. The van der Waals surface area contributed by atoms with Crippen molar-refractivity contribution in [2.75, 3.05) is 0 Å². The molecule has 1 fully saturated rings. The van der Waals surface area contributed by atoms with Gasteiger partial charge in [0, 0.05) is 6.42 Å². The van der Waals surface area contributed by atoms with Gasteiger partial charge in [0.1, 0.15) is 0 Å². The van der Waals surface area contributed by atoms with Crippen molar-refractivity contribution < 1.29 is 19.1 Å². The highest BCUT2D eigenvalue weighted by molar-refractivity contribution is 5.76. The SMILES string of the molecule is CC(C)CC(=O)OC(C)CCC(C)OC(=O)C1(C)CCCCC1. The number of ether oxygens (including phenoxy) is 2. The monoisotopic (exact) mass is 326 g/mol. The van der Waals surface area contributed by atoms with E-state index >= 15 is 0 Å². The normalized spacial score (nSPS) is 19.9. The summed E-state index contributed by atoms with van der Waals surface area (Å²) in [4.78, 5) is 24.0. The maximum absolute atomic E-state index is 12.4. The van der Waals surface area contributed by atoms with Gasteiger partial charge in [0.15, 0.2) is 0 Å². The fraction of sp³-hybridized carbons (Fsp3) is 0.895. The van der Waals surface area contributed by atoms with Crippen molar-refractivity contribution in [2.24, 2.45) is 11.3 Å². The van der Waals surface area contributed by atoms with Crippen LogP contribution in [0.3, 0.4) is 0 Å². The van der Waals surface area contributed by atoms with Crippen LogP contribution in [0.4, 0.5) is 0 Å². The Morgan fingerprint density at radius 1 is 0.913 bits per heavy atom. The number of hydrogen-bond acceptors (Lipinski definition) is 4. The van der Waals surface area contributed by atoms with Crippen molar-refractivity contribution in [1.29, 1.82) is 0 Å². The number of carbonyl (C=O) groups is 2. The zero-order valence-electron chi connectivity index (χ0n) is 15.5. The molecule has 2 unspecified atom stereocenters. The van der Waals surface area contributed by atoms with Crippen LogP contribution in [0, 0.1) is 11.3 Å². The van der Waals surface area contributed by atoms with Crippen molar-refractivity contribution in [1.82, 2.24) is 0 Å². The Hall–Kier alpha value is -1.06. The molecule has 23 heavy (non-hydrogen) atoms. The third-order valence-electron chi connectivity index (χ3n) is 4.65. The van der Waals surface area contributed by atoms with Gasteiger partial charge < -0.3 is 9.47 Å². The summed E-state index contributed by atoms with van der Waals surface area (Å²) in [5.41, 5.74) is -0.304. The number of esters is 2. The molecular weight excluding hydrogens is 292 g/mol. The lowest BCUT2D eigenvalue weighted by atomic mass is 9.76. The summed E-state index contributed by atoms with van der Waals surface area (Å²) < 4.78 is 11.0. The minimum Gasteiger partial charge on any atom is -0.463 e. The zero-order chi connectivity index (χ0) is 17.5. The average molecular weight is 326 g/mol. The Morgan fingerprint density at radius 3 is 1.96 bits per heavy atom. The molecule has 0 N–H and O–H groups in total. The van der Waals surface area contributed by atoms with Gasteiger partial charge in [0.05, 0.1) is 17.6 Å². The van der Waals surface area contributed by atoms with Crippen LogP contribution in [-0.2, 0) is 19.1 Å². The first-order chi connectivity index (χ1) is 10.7. The van der Waals surface area contributed by atoms with Crippen LogP contribution >= 0.6 is 0 Å². The van der Waals surface area contributed by atoms with E-state index in [1.807, 2.05) is 34.6 Å². The lowest BCUT2D eigenvalue weighted by Crippen LogP contribution is -2.34. The van der Waals surface area contributed by atoms with E-state index in [2.05, 4.69) is 0 Å². The second kappa shape index (κ2) is 9.29. The largest absolute Gasteiger partial charge is 0.463 e. The molecule has 134 valence electrons. The Balaban J connectivity index is 2.29. The molecule has 1 aliphatic carbocycles. The molecule has 0 heterocycles. The molecule has 1 rings (SSSR count). The molecule has 0 aromatic rings. The van der Waals surface area contributed by atoms with Gasteiger partial charge in [0.25, 0.3) is 0 Å². The molecule has 0 spiro atoms. The molecule has 0 aromatic heterocycles. The van der Waals surface area contributed by atoms with Gasteiger partial charge in [-0.15, -0.1) is 0 Å². The van der Waals surface area contributed by atoms with E-state index in [0.29, 0.717) is 12.3 Å². The third-order valence-corrected chi connectivity index (χ3v) is 4.65. The van der Waals surface area contributed by atoms with Crippen molar-refractivity contribution in [3.8, 4) is 0 Å². The first-order valence-electron chi connectivity index (χ1n) is 9.13. The summed E-state index contributed by atoms with van der Waals surface area (Å²) in [5.74, 6) is 0.104. The zero-order valence-corrected chi connectivity index (χ0v) is 15.5. The Kier molecular flexibility index (Phi) is 8.07. The van der Waals surface area contributed by atoms with Gasteiger partial charge in [-0.25, -0.2) is 0 Å². The predicted molar refractivity (Wildman–Crippen MR) is 91.0 cm³/mol. The van der Waals surface area contributed by atoms with Crippen LogP contribution in [0.2, 0.25) is 0 Å². The molecule has 0 amide bonds. The maximum Gasteiger partial charge on any atom is 0.312 e. The minimum atomic E-state index is -0.304. The maximum atomic E-state index is 12.4. The smallest absolute Gasteiger partial charge is 0.312 e. The van der Waals surface area contributed by atoms with Crippen LogP contribution in [0.25, 0.3) is 0 Å². The minimum absolute atomic E-state index is 0.0610. The number of hydrogen-bond donors (Lipinski definition) is 0. The fourth-order valence-electron chi connectivity index (χ4n) is 3.05. The predicted octanol–water partition coefficient (Wildman–Crippen LogP) is 4.65. The van der Waals surface area contributed by atoms with Gasteiger partial charge in [-0.2, -0.15) is 0 Å². The highest BCUT2D eigenvalue weighted by Gasteiger charge is 2.36. The van der Waals surface area contributed by atoms with Gasteiger partial charge in [0.2, 0.25) is 0 Å². The Labute approximate surface area is 141 Å². The second-order valence-electron chi connectivity index (χ2n) is 7.81. The first-order valence-corrected chi connectivity index (χ1v) is 9.13. The summed E-state index contributed by atoms with van der Waals surface area (Å²) in [5, 5.41) is 0. The van der Waals surface area contributed by atoms with E-state index in [9.17, 15) is 9.59 Å².